The fourth-order valence-electron chi connectivity index (χ4n) is 1.90. The van der Waals surface area contributed by atoms with E-state index in [0.29, 0.717) is 10.8 Å². The number of furan rings is 1. The lowest BCUT2D eigenvalue weighted by molar-refractivity contribution is -0.402. The van der Waals surface area contributed by atoms with E-state index in [0.717, 1.165) is 16.7 Å². The van der Waals surface area contributed by atoms with Crippen LogP contribution in [0.4, 0.5) is 5.88 Å². The van der Waals surface area contributed by atoms with Gasteiger partial charge < -0.3 is 10.2 Å². The summed E-state index contributed by atoms with van der Waals surface area (Å²) in [6.45, 7) is 3.76. The lowest BCUT2D eigenvalue weighted by Crippen LogP contribution is -2.12. The third-order valence-electron chi connectivity index (χ3n) is 2.98. The monoisotopic (exact) mass is 280 g/mol. The van der Waals surface area contributed by atoms with Crippen molar-refractivity contribution in [3.05, 3.63) is 61.9 Å². The normalized spacial score (nSPS) is 12.4. The van der Waals surface area contributed by atoms with Crippen LogP contribution in [0.15, 0.2) is 28.7 Å². The molecule has 0 radical (unpaired) electrons. The lowest BCUT2D eigenvalue weighted by atomic mass is 9.98. The first-order valence-corrected chi connectivity index (χ1v) is 6.04. The Morgan fingerprint density at radius 1 is 1.32 bits per heavy atom. The highest BCUT2D eigenvalue weighted by Gasteiger charge is 2.20. The summed E-state index contributed by atoms with van der Waals surface area (Å²) in [5, 5.41) is 11.3. The molecule has 1 aromatic carbocycles. The molecule has 19 heavy (non-hydrogen) atoms. The minimum absolute atomic E-state index is 0.311. The molecular weight excluding hydrogens is 268 g/mol. The van der Waals surface area contributed by atoms with Crippen molar-refractivity contribution in [3.8, 4) is 0 Å². The maximum absolute atomic E-state index is 10.6. The molecule has 1 aromatic heterocycles. The minimum atomic E-state index is -0.587. The van der Waals surface area contributed by atoms with Gasteiger partial charge in [-0.05, 0) is 42.7 Å². The predicted octanol–water partition coefficient (Wildman–Crippen LogP) is 3.51. The second-order valence-corrected chi connectivity index (χ2v) is 4.78. The summed E-state index contributed by atoms with van der Waals surface area (Å²) in [5.41, 5.74) is 8.75. The van der Waals surface area contributed by atoms with Crippen molar-refractivity contribution in [2.24, 2.45) is 5.73 Å². The Labute approximate surface area is 115 Å². The molecule has 0 aliphatic rings. The molecule has 2 aromatic rings. The van der Waals surface area contributed by atoms with Crippen molar-refractivity contribution >= 4 is 17.5 Å². The number of rotatable bonds is 3. The van der Waals surface area contributed by atoms with E-state index in [1.807, 2.05) is 26.0 Å². The van der Waals surface area contributed by atoms with Crippen LogP contribution in [-0.2, 0) is 0 Å². The van der Waals surface area contributed by atoms with E-state index < -0.39 is 11.0 Å². The van der Waals surface area contributed by atoms with Crippen LogP contribution in [0.25, 0.3) is 0 Å². The largest absolute Gasteiger partial charge is 0.433 e. The van der Waals surface area contributed by atoms with Crippen molar-refractivity contribution in [1.29, 1.82) is 0 Å². The molecule has 0 amide bonds. The fourth-order valence-corrected chi connectivity index (χ4v) is 2.12. The molecule has 100 valence electrons. The zero-order valence-electron chi connectivity index (χ0n) is 10.5. The molecule has 1 atom stereocenters. The Kier molecular flexibility index (Phi) is 3.59. The molecule has 2 rings (SSSR count). The predicted molar refractivity (Wildman–Crippen MR) is 72.3 cm³/mol. The second kappa shape index (κ2) is 5.03. The van der Waals surface area contributed by atoms with Gasteiger partial charge in [-0.1, -0.05) is 17.7 Å². The number of nitrogens with two attached hydrogens (primary N) is 1. The topological polar surface area (TPSA) is 82.3 Å². The molecule has 0 bridgehead atoms. The molecule has 5 nitrogen and oxygen atoms in total. The van der Waals surface area contributed by atoms with Crippen LogP contribution in [-0.4, -0.2) is 4.92 Å². The van der Waals surface area contributed by atoms with E-state index >= 15 is 0 Å². The van der Waals surface area contributed by atoms with Crippen LogP contribution in [0.3, 0.4) is 0 Å². The fraction of sp³-hybridized carbons (Fsp3) is 0.231. The van der Waals surface area contributed by atoms with Gasteiger partial charge in [-0.15, -0.1) is 0 Å². The second-order valence-electron chi connectivity index (χ2n) is 4.37. The number of hydrogen-bond donors (Lipinski definition) is 1. The number of halogens is 1. The van der Waals surface area contributed by atoms with E-state index in [9.17, 15) is 10.1 Å². The Bertz CT molecular complexity index is 637. The first kappa shape index (κ1) is 13.6. The van der Waals surface area contributed by atoms with Crippen LogP contribution >= 0.6 is 11.6 Å². The molecule has 6 heteroatoms. The first-order valence-electron chi connectivity index (χ1n) is 5.66. The molecule has 2 N–H and O–H groups in total. The summed E-state index contributed by atoms with van der Waals surface area (Å²) in [7, 11) is 0. The van der Waals surface area contributed by atoms with Gasteiger partial charge in [0, 0.05) is 5.02 Å². The number of hydrogen-bond acceptors (Lipinski definition) is 4. The van der Waals surface area contributed by atoms with Crippen LogP contribution in [0, 0.1) is 24.0 Å². The molecular formula is C13H13ClN2O3. The number of nitro groups is 1. The maximum Gasteiger partial charge on any atom is 0.433 e. The summed E-state index contributed by atoms with van der Waals surface area (Å²) in [6, 6.07) is 5.96. The van der Waals surface area contributed by atoms with Gasteiger partial charge in [0.05, 0.1) is 12.1 Å². The lowest BCUT2D eigenvalue weighted by Gasteiger charge is -2.14. The molecule has 0 saturated carbocycles. The van der Waals surface area contributed by atoms with Crippen LogP contribution in [0.1, 0.15) is 28.5 Å². The van der Waals surface area contributed by atoms with Crippen molar-refractivity contribution in [2.75, 3.05) is 0 Å². The summed E-state index contributed by atoms with van der Waals surface area (Å²) in [4.78, 5) is 10.0. The van der Waals surface area contributed by atoms with Crippen LogP contribution < -0.4 is 5.73 Å². The molecule has 0 aliphatic heterocycles. The Morgan fingerprint density at radius 3 is 2.58 bits per heavy atom. The van der Waals surface area contributed by atoms with Gasteiger partial charge in [-0.25, -0.2) is 0 Å². The quantitative estimate of drug-likeness (QED) is 0.689. The van der Waals surface area contributed by atoms with Gasteiger partial charge in [0.15, 0.2) is 0 Å². The van der Waals surface area contributed by atoms with Gasteiger partial charge in [-0.2, -0.15) is 0 Å². The van der Waals surface area contributed by atoms with Crippen molar-refractivity contribution in [3.63, 3.8) is 0 Å². The highest BCUT2D eigenvalue weighted by Crippen LogP contribution is 2.29. The highest BCUT2D eigenvalue weighted by molar-refractivity contribution is 6.31. The molecule has 1 heterocycles. The maximum atomic E-state index is 10.6. The average molecular weight is 281 g/mol. The highest BCUT2D eigenvalue weighted by atomic mass is 35.5. The molecule has 0 fully saturated rings. The van der Waals surface area contributed by atoms with Crippen LogP contribution in [0.5, 0.6) is 0 Å². The first-order chi connectivity index (χ1) is 8.90. The van der Waals surface area contributed by atoms with E-state index in [-0.39, 0.29) is 5.88 Å². The SMILES string of the molecule is Cc1cc(C(N)c2ccc([N+](=O)[O-])o2)c(C)cc1Cl. The number of benzene rings is 1. The molecule has 0 saturated heterocycles. The van der Waals surface area contributed by atoms with E-state index in [1.165, 1.54) is 12.1 Å². The summed E-state index contributed by atoms with van der Waals surface area (Å²) < 4.78 is 5.13. The smallest absolute Gasteiger partial charge is 0.404 e. The standard InChI is InChI=1S/C13H13ClN2O3/c1-7-6-10(14)8(2)5-9(7)13(15)11-3-4-12(19-11)16(17)18/h3-6,13H,15H2,1-2H3. The zero-order valence-corrected chi connectivity index (χ0v) is 11.3. The Morgan fingerprint density at radius 2 is 2.00 bits per heavy atom. The Balaban J connectivity index is 2.40. The summed E-state index contributed by atoms with van der Waals surface area (Å²) in [6.07, 6.45) is 0. The van der Waals surface area contributed by atoms with E-state index in [2.05, 4.69) is 0 Å². The minimum Gasteiger partial charge on any atom is -0.404 e. The van der Waals surface area contributed by atoms with E-state index in [1.54, 1.807) is 0 Å². The van der Waals surface area contributed by atoms with Gasteiger partial charge in [0.2, 0.25) is 0 Å². The Hall–Kier alpha value is -1.85. The van der Waals surface area contributed by atoms with Crippen molar-refractivity contribution in [2.45, 2.75) is 19.9 Å². The summed E-state index contributed by atoms with van der Waals surface area (Å²) >= 11 is 6.03. The van der Waals surface area contributed by atoms with E-state index in [4.69, 9.17) is 21.8 Å². The van der Waals surface area contributed by atoms with Gasteiger partial charge >= 0.3 is 5.88 Å². The molecule has 0 spiro atoms. The molecule has 0 aliphatic carbocycles. The van der Waals surface area contributed by atoms with Gasteiger partial charge in [-0.3, -0.25) is 10.1 Å². The van der Waals surface area contributed by atoms with Crippen molar-refractivity contribution in [1.82, 2.24) is 0 Å². The van der Waals surface area contributed by atoms with Crippen molar-refractivity contribution < 1.29 is 9.34 Å². The molecule has 1 unspecified atom stereocenters. The number of aryl methyl sites for hydroxylation is 2. The third-order valence-corrected chi connectivity index (χ3v) is 3.39. The van der Waals surface area contributed by atoms with Gasteiger partial charge in [0.25, 0.3) is 0 Å². The number of nitrogens with zero attached hydrogens (tertiary/aromatic N) is 1. The zero-order chi connectivity index (χ0) is 14.2. The summed E-state index contributed by atoms with van der Waals surface area (Å²) in [5.74, 6) is 0.0466. The average Bonchev–Trinajstić information content (AvgIpc) is 2.82. The third kappa shape index (κ3) is 2.62. The van der Waals surface area contributed by atoms with Gasteiger partial charge in [0.1, 0.15) is 10.7 Å². The van der Waals surface area contributed by atoms with Crippen LogP contribution in [0.2, 0.25) is 5.02 Å².